The zero-order valence-electron chi connectivity index (χ0n) is 17.3. The first kappa shape index (κ1) is 23.6. The minimum absolute atomic E-state index is 0.663. The Morgan fingerprint density at radius 3 is 2.74 bits per heavy atom. The van der Waals surface area contributed by atoms with E-state index in [0.29, 0.717) is 6.61 Å². The van der Waals surface area contributed by atoms with Crippen LogP contribution >= 0.6 is 11.8 Å². The molecular weight excluding hydrogens is 360 g/mol. The van der Waals surface area contributed by atoms with Crippen LogP contribution in [0.5, 0.6) is 5.75 Å². The van der Waals surface area contributed by atoms with Gasteiger partial charge in [-0.2, -0.15) is 11.8 Å². The summed E-state index contributed by atoms with van der Waals surface area (Å²) in [6.45, 7) is 4.85. The third kappa shape index (κ3) is 11.8. The van der Waals surface area contributed by atoms with Gasteiger partial charge >= 0.3 is 0 Å². The van der Waals surface area contributed by atoms with Gasteiger partial charge in [0.1, 0.15) is 12.4 Å². The second-order valence-electron chi connectivity index (χ2n) is 6.34. The Morgan fingerprint density at radius 1 is 1.19 bits per heavy atom. The molecule has 154 valence electrons. The average molecular weight is 397 g/mol. The molecule has 6 nitrogen and oxygen atoms in total. The Hall–Kier alpha value is -1.44. The zero-order valence-corrected chi connectivity index (χ0v) is 18.1. The van der Waals surface area contributed by atoms with E-state index in [0.717, 1.165) is 50.9 Å². The van der Waals surface area contributed by atoms with E-state index in [1.807, 2.05) is 23.9 Å². The summed E-state index contributed by atoms with van der Waals surface area (Å²) in [4.78, 5) is 6.48. The molecule has 0 radical (unpaired) electrons. The fourth-order valence-corrected chi connectivity index (χ4v) is 2.90. The van der Waals surface area contributed by atoms with Crippen molar-refractivity contribution in [2.24, 2.45) is 4.99 Å². The molecule has 2 N–H and O–H groups in total. The van der Waals surface area contributed by atoms with Gasteiger partial charge in [0.05, 0.1) is 6.61 Å². The predicted octanol–water partition coefficient (Wildman–Crippen LogP) is 2.45. The molecule has 0 aliphatic heterocycles. The molecule has 0 saturated carbocycles. The number of rotatable bonds is 14. The number of unbranched alkanes of at least 4 members (excludes halogenated alkanes) is 1. The fourth-order valence-electron chi connectivity index (χ4n) is 2.41. The molecule has 1 rings (SSSR count). The number of aliphatic imine (C=N–C) groups is 1. The maximum Gasteiger partial charge on any atom is 0.191 e. The number of hydrogen-bond acceptors (Lipinski definition) is 5. The van der Waals surface area contributed by atoms with E-state index in [1.54, 1.807) is 14.2 Å². The Morgan fingerprint density at radius 2 is 2.00 bits per heavy atom. The number of methoxy groups -OCH3 is 1. The number of nitrogens with one attached hydrogen (secondary N) is 2. The number of hydrogen-bond donors (Lipinski definition) is 2. The molecule has 0 saturated heterocycles. The minimum Gasteiger partial charge on any atom is -0.492 e. The summed E-state index contributed by atoms with van der Waals surface area (Å²) in [5.74, 6) is 2.95. The first-order valence-electron chi connectivity index (χ1n) is 9.52. The van der Waals surface area contributed by atoms with Gasteiger partial charge in [-0.3, -0.25) is 4.99 Å². The van der Waals surface area contributed by atoms with Gasteiger partial charge in [-0.15, -0.1) is 0 Å². The molecule has 0 heterocycles. The van der Waals surface area contributed by atoms with Crippen molar-refractivity contribution in [3.05, 3.63) is 29.8 Å². The van der Waals surface area contributed by atoms with E-state index in [9.17, 15) is 0 Å². The van der Waals surface area contributed by atoms with Crippen molar-refractivity contribution in [2.75, 3.05) is 66.1 Å². The first-order chi connectivity index (χ1) is 13.2. The lowest BCUT2D eigenvalue weighted by molar-refractivity contribution is 0.150. The largest absolute Gasteiger partial charge is 0.492 e. The number of benzene rings is 1. The molecule has 0 unspecified atom stereocenters. The van der Waals surface area contributed by atoms with Crippen molar-refractivity contribution in [3.8, 4) is 5.75 Å². The van der Waals surface area contributed by atoms with Gasteiger partial charge in [0.25, 0.3) is 0 Å². The molecule has 1 aromatic carbocycles. The van der Waals surface area contributed by atoms with Crippen molar-refractivity contribution in [2.45, 2.75) is 19.4 Å². The summed E-state index contributed by atoms with van der Waals surface area (Å²) in [7, 11) is 5.60. The molecule has 0 aliphatic rings. The van der Waals surface area contributed by atoms with Crippen molar-refractivity contribution in [3.63, 3.8) is 0 Å². The van der Waals surface area contributed by atoms with Gasteiger partial charge in [0.15, 0.2) is 5.96 Å². The van der Waals surface area contributed by atoms with Crippen LogP contribution in [0.3, 0.4) is 0 Å². The highest BCUT2D eigenvalue weighted by Gasteiger charge is 2.02. The highest BCUT2D eigenvalue weighted by atomic mass is 32.2. The molecule has 0 bridgehead atoms. The molecule has 0 amide bonds. The normalized spacial score (nSPS) is 11.7. The standard InChI is InChI=1S/C20H36N4O2S/c1-21-20(22-10-5-6-15-27-4)23-17-18-8-7-9-19(16-18)26-14-12-24(2)11-13-25-3/h7-9,16H,5-6,10-15,17H2,1-4H3,(H2,21,22,23). The minimum atomic E-state index is 0.663. The van der Waals surface area contributed by atoms with Crippen LogP contribution in [-0.4, -0.2) is 76.9 Å². The number of guanidine groups is 1. The van der Waals surface area contributed by atoms with Crippen molar-refractivity contribution in [1.29, 1.82) is 0 Å². The first-order valence-corrected chi connectivity index (χ1v) is 10.9. The van der Waals surface area contributed by atoms with E-state index < -0.39 is 0 Å². The Bertz CT molecular complexity index is 528. The van der Waals surface area contributed by atoms with Crippen molar-refractivity contribution >= 4 is 17.7 Å². The van der Waals surface area contributed by atoms with Crippen LogP contribution in [0.15, 0.2) is 29.3 Å². The van der Waals surface area contributed by atoms with E-state index in [-0.39, 0.29) is 0 Å². The smallest absolute Gasteiger partial charge is 0.191 e. The lowest BCUT2D eigenvalue weighted by Crippen LogP contribution is -2.37. The topological polar surface area (TPSA) is 58.1 Å². The van der Waals surface area contributed by atoms with Gasteiger partial charge in [-0.1, -0.05) is 12.1 Å². The third-order valence-corrected chi connectivity index (χ3v) is 4.77. The molecule has 0 spiro atoms. The summed E-state index contributed by atoms with van der Waals surface area (Å²) >= 11 is 1.89. The van der Waals surface area contributed by atoms with Gasteiger partial charge < -0.3 is 25.0 Å². The second-order valence-corrected chi connectivity index (χ2v) is 7.33. The number of thioether (sulfide) groups is 1. The van der Waals surface area contributed by atoms with Crippen LogP contribution in [0, 0.1) is 0 Å². The zero-order chi connectivity index (χ0) is 19.7. The fraction of sp³-hybridized carbons (Fsp3) is 0.650. The van der Waals surface area contributed by atoms with Crippen LogP contribution in [0.1, 0.15) is 18.4 Å². The Kier molecular flexibility index (Phi) is 13.6. The van der Waals surface area contributed by atoms with Crippen LogP contribution in [-0.2, 0) is 11.3 Å². The van der Waals surface area contributed by atoms with Crippen LogP contribution in [0.4, 0.5) is 0 Å². The maximum atomic E-state index is 5.87. The summed E-state index contributed by atoms with van der Waals surface area (Å²) < 4.78 is 11.0. The quantitative estimate of drug-likeness (QED) is 0.286. The number of nitrogens with zero attached hydrogens (tertiary/aromatic N) is 2. The summed E-state index contributed by atoms with van der Waals surface area (Å²) in [5, 5.41) is 6.72. The monoisotopic (exact) mass is 396 g/mol. The lowest BCUT2D eigenvalue weighted by atomic mass is 10.2. The summed E-state index contributed by atoms with van der Waals surface area (Å²) in [5.41, 5.74) is 1.17. The predicted molar refractivity (Wildman–Crippen MR) is 117 cm³/mol. The number of ether oxygens (including phenoxy) is 2. The average Bonchev–Trinajstić information content (AvgIpc) is 2.69. The lowest BCUT2D eigenvalue weighted by Gasteiger charge is -2.16. The molecule has 0 aliphatic carbocycles. The summed E-state index contributed by atoms with van der Waals surface area (Å²) in [6, 6.07) is 8.20. The van der Waals surface area contributed by atoms with Gasteiger partial charge in [-0.05, 0) is 49.6 Å². The molecule has 27 heavy (non-hydrogen) atoms. The summed E-state index contributed by atoms with van der Waals surface area (Å²) in [6.07, 6.45) is 4.53. The van der Waals surface area contributed by atoms with E-state index in [2.05, 4.69) is 46.0 Å². The van der Waals surface area contributed by atoms with Gasteiger partial charge in [0, 0.05) is 40.3 Å². The molecule has 0 aromatic heterocycles. The van der Waals surface area contributed by atoms with Crippen molar-refractivity contribution in [1.82, 2.24) is 15.5 Å². The van der Waals surface area contributed by atoms with Crippen LogP contribution in [0.2, 0.25) is 0 Å². The van der Waals surface area contributed by atoms with E-state index in [1.165, 1.54) is 17.7 Å². The Balaban J connectivity index is 2.31. The van der Waals surface area contributed by atoms with E-state index >= 15 is 0 Å². The third-order valence-electron chi connectivity index (χ3n) is 4.07. The molecule has 1 aromatic rings. The number of likely N-dealkylation sites (N-methyl/N-ethyl adjacent to an activating group) is 1. The maximum absolute atomic E-state index is 5.87. The van der Waals surface area contributed by atoms with Gasteiger partial charge in [0.2, 0.25) is 0 Å². The molecule has 7 heteroatoms. The van der Waals surface area contributed by atoms with E-state index in [4.69, 9.17) is 9.47 Å². The molecular formula is C20H36N4O2S. The molecule has 0 fully saturated rings. The van der Waals surface area contributed by atoms with Crippen LogP contribution in [0.25, 0.3) is 0 Å². The Labute approximate surface area is 169 Å². The highest BCUT2D eigenvalue weighted by molar-refractivity contribution is 7.98. The highest BCUT2D eigenvalue weighted by Crippen LogP contribution is 2.13. The second kappa shape index (κ2) is 15.6. The van der Waals surface area contributed by atoms with Crippen molar-refractivity contribution < 1.29 is 9.47 Å². The SMILES string of the molecule is CN=C(NCCCCSC)NCc1cccc(OCCN(C)CCOC)c1. The molecule has 0 atom stereocenters. The van der Waals surface area contributed by atoms with Crippen LogP contribution < -0.4 is 15.4 Å². The van der Waals surface area contributed by atoms with Gasteiger partial charge in [-0.25, -0.2) is 0 Å².